The van der Waals surface area contributed by atoms with E-state index in [2.05, 4.69) is 20.2 Å². The summed E-state index contributed by atoms with van der Waals surface area (Å²) in [5.41, 5.74) is 2.35. The number of ether oxygens (including phenoxy) is 1. The summed E-state index contributed by atoms with van der Waals surface area (Å²) in [6.45, 7) is 3.07. The third kappa shape index (κ3) is 3.50. The van der Waals surface area contributed by atoms with E-state index >= 15 is 0 Å². The molecule has 5 rings (SSSR count). The van der Waals surface area contributed by atoms with Crippen molar-refractivity contribution in [1.29, 1.82) is 0 Å². The molecule has 5 heterocycles. The van der Waals surface area contributed by atoms with Crippen LogP contribution in [0.1, 0.15) is 5.76 Å². The van der Waals surface area contributed by atoms with Crippen molar-refractivity contribution in [3.63, 3.8) is 0 Å². The topological polar surface area (TPSA) is 97.6 Å². The summed E-state index contributed by atoms with van der Waals surface area (Å²) in [6, 6.07) is 5.77. The molecular weight excluding hydrogens is 392 g/mol. The fourth-order valence-corrected chi connectivity index (χ4v) is 4.00. The highest BCUT2D eigenvalue weighted by molar-refractivity contribution is 8.18. The van der Waals surface area contributed by atoms with Crippen molar-refractivity contribution >= 4 is 45.8 Å². The second-order valence-electron chi connectivity index (χ2n) is 6.61. The molecule has 9 heteroatoms. The summed E-state index contributed by atoms with van der Waals surface area (Å²) in [4.78, 5) is 34.5. The fourth-order valence-electron chi connectivity index (χ4n) is 3.33. The van der Waals surface area contributed by atoms with Crippen LogP contribution in [0, 0.1) is 0 Å². The summed E-state index contributed by atoms with van der Waals surface area (Å²) in [5, 5.41) is 2.66. The van der Waals surface area contributed by atoms with Crippen molar-refractivity contribution < 1.29 is 18.7 Å². The molecule has 2 aliphatic heterocycles. The Bertz CT molecular complexity index is 1130. The molecule has 0 saturated carbocycles. The van der Waals surface area contributed by atoms with Crippen LogP contribution < -0.4 is 10.2 Å². The number of anilines is 1. The molecule has 3 aromatic rings. The van der Waals surface area contributed by atoms with Gasteiger partial charge in [0.15, 0.2) is 0 Å². The highest BCUT2D eigenvalue weighted by Gasteiger charge is 2.25. The number of rotatable bonds is 3. The first-order valence-corrected chi connectivity index (χ1v) is 9.90. The molecule has 0 spiro atoms. The summed E-state index contributed by atoms with van der Waals surface area (Å²) >= 11 is 0.856. The monoisotopic (exact) mass is 408 g/mol. The Hall–Kier alpha value is -3.17. The molecule has 0 atom stereocenters. The van der Waals surface area contributed by atoms with Crippen molar-refractivity contribution in [2.45, 2.75) is 0 Å². The van der Waals surface area contributed by atoms with Crippen LogP contribution in [-0.4, -0.2) is 47.4 Å². The number of fused-ring (bicyclic) bond motifs is 1. The minimum atomic E-state index is -0.415. The largest absolute Gasteiger partial charge is 0.456 e. The second kappa shape index (κ2) is 7.34. The van der Waals surface area contributed by atoms with E-state index in [1.165, 1.54) is 0 Å². The molecule has 2 amide bonds. The lowest BCUT2D eigenvalue weighted by atomic mass is 10.1. The van der Waals surface area contributed by atoms with Crippen LogP contribution in [0.2, 0.25) is 0 Å². The number of thioether (sulfide) groups is 1. The predicted molar refractivity (Wildman–Crippen MR) is 109 cm³/mol. The summed E-state index contributed by atoms with van der Waals surface area (Å²) in [5.74, 6) is 0.984. The zero-order valence-electron chi connectivity index (χ0n) is 15.3. The van der Waals surface area contributed by atoms with E-state index in [1.807, 2.05) is 12.1 Å². The summed E-state index contributed by atoms with van der Waals surface area (Å²) in [7, 11) is 0. The van der Waals surface area contributed by atoms with Gasteiger partial charge in [0.25, 0.3) is 11.1 Å². The van der Waals surface area contributed by atoms with Crippen LogP contribution in [0.3, 0.4) is 0 Å². The number of nitrogens with one attached hydrogen (secondary N) is 1. The van der Waals surface area contributed by atoms with E-state index in [0.29, 0.717) is 29.5 Å². The van der Waals surface area contributed by atoms with Gasteiger partial charge in [-0.3, -0.25) is 19.9 Å². The maximum atomic E-state index is 11.8. The average molecular weight is 408 g/mol. The van der Waals surface area contributed by atoms with Crippen molar-refractivity contribution in [3.05, 3.63) is 47.5 Å². The van der Waals surface area contributed by atoms with Gasteiger partial charge >= 0.3 is 0 Å². The fraction of sp³-hybridized carbons (Fsp3) is 0.200. The molecule has 2 saturated heterocycles. The lowest BCUT2D eigenvalue weighted by Gasteiger charge is -2.27. The van der Waals surface area contributed by atoms with Crippen molar-refractivity contribution in [1.82, 2.24) is 15.3 Å². The molecule has 0 aromatic carbocycles. The van der Waals surface area contributed by atoms with E-state index in [0.717, 1.165) is 47.2 Å². The summed E-state index contributed by atoms with van der Waals surface area (Å²) < 4.78 is 11.4. The Balaban J connectivity index is 1.47. The van der Waals surface area contributed by atoms with Crippen LogP contribution >= 0.6 is 11.8 Å². The van der Waals surface area contributed by atoms with Gasteiger partial charge < -0.3 is 14.1 Å². The van der Waals surface area contributed by atoms with Gasteiger partial charge in [-0.2, -0.15) is 0 Å². The third-order valence-corrected chi connectivity index (χ3v) is 5.56. The minimum Gasteiger partial charge on any atom is -0.456 e. The van der Waals surface area contributed by atoms with E-state index in [1.54, 1.807) is 30.7 Å². The average Bonchev–Trinajstić information content (AvgIpc) is 3.30. The van der Waals surface area contributed by atoms with Crippen LogP contribution in [-0.2, 0) is 9.53 Å². The molecule has 2 aliphatic rings. The number of pyridine rings is 2. The number of carbonyl (C=O) groups is 2. The van der Waals surface area contributed by atoms with Crippen molar-refractivity contribution in [3.8, 4) is 11.1 Å². The molecule has 3 aromatic heterocycles. The first kappa shape index (κ1) is 17.9. The van der Waals surface area contributed by atoms with Gasteiger partial charge in [-0.1, -0.05) is 0 Å². The first-order chi connectivity index (χ1) is 14.2. The molecule has 0 unspecified atom stereocenters. The number of nitrogens with zero attached hydrogens (tertiary/aromatic N) is 3. The molecule has 29 heavy (non-hydrogen) atoms. The third-order valence-electron chi connectivity index (χ3n) is 4.75. The maximum absolute atomic E-state index is 11.8. The highest BCUT2D eigenvalue weighted by atomic mass is 32.2. The van der Waals surface area contributed by atoms with Crippen molar-refractivity contribution in [2.75, 3.05) is 31.2 Å². The standard InChI is InChI=1S/C20H16N4O4S/c25-19-16(29-20(26)23-19)8-14-7-13-9-21-11-15(18(13)28-14)12-1-2-17(22-10-12)24-3-5-27-6-4-24/h1-2,7-11H,3-6H2,(H,23,25,26)/b16-8+. The molecule has 146 valence electrons. The molecule has 0 radical (unpaired) electrons. The maximum Gasteiger partial charge on any atom is 0.290 e. The number of imide groups is 1. The van der Waals surface area contributed by atoms with Gasteiger partial charge in [0, 0.05) is 54.3 Å². The smallest absolute Gasteiger partial charge is 0.290 e. The van der Waals surface area contributed by atoms with Crippen LogP contribution in [0.4, 0.5) is 10.6 Å². The van der Waals surface area contributed by atoms with Crippen LogP contribution in [0.5, 0.6) is 0 Å². The van der Waals surface area contributed by atoms with E-state index < -0.39 is 5.91 Å². The lowest BCUT2D eigenvalue weighted by molar-refractivity contribution is -0.115. The molecule has 0 aliphatic carbocycles. The highest BCUT2D eigenvalue weighted by Crippen LogP contribution is 2.33. The zero-order chi connectivity index (χ0) is 19.8. The minimum absolute atomic E-state index is 0.306. The van der Waals surface area contributed by atoms with Gasteiger partial charge in [-0.15, -0.1) is 0 Å². The Morgan fingerprint density at radius 3 is 2.72 bits per heavy atom. The van der Waals surface area contributed by atoms with Gasteiger partial charge in [0.1, 0.15) is 17.2 Å². The molecule has 2 fully saturated rings. The van der Waals surface area contributed by atoms with Crippen LogP contribution in [0.25, 0.3) is 28.2 Å². The number of aromatic nitrogens is 2. The van der Waals surface area contributed by atoms with Crippen LogP contribution in [0.15, 0.2) is 46.1 Å². The summed E-state index contributed by atoms with van der Waals surface area (Å²) in [6.07, 6.45) is 6.80. The Kier molecular flexibility index (Phi) is 4.53. The Morgan fingerprint density at radius 2 is 2.00 bits per heavy atom. The van der Waals surface area contributed by atoms with Gasteiger partial charge in [0.2, 0.25) is 0 Å². The van der Waals surface area contributed by atoms with Crippen molar-refractivity contribution in [2.24, 2.45) is 0 Å². The number of hydrogen-bond acceptors (Lipinski definition) is 8. The number of morpholine rings is 1. The first-order valence-electron chi connectivity index (χ1n) is 9.09. The molecular formula is C20H16N4O4S. The van der Waals surface area contributed by atoms with Gasteiger partial charge in [-0.25, -0.2) is 4.98 Å². The molecule has 8 nitrogen and oxygen atoms in total. The number of furan rings is 1. The van der Waals surface area contributed by atoms with E-state index in [9.17, 15) is 9.59 Å². The quantitative estimate of drug-likeness (QED) is 0.661. The lowest BCUT2D eigenvalue weighted by Crippen LogP contribution is -2.36. The Labute approximate surface area is 169 Å². The number of amides is 2. The normalized spacial score (nSPS) is 18.6. The molecule has 1 N–H and O–H groups in total. The van der Waals surface area contributed by atoms with E-state index in [4.69, 9.17) is 9.15 Å². The predicted octanol–water partition coefficient (Wildman–Crippen LogP) is 3.05. The zero-order valence-corrected chi connectivity index (χ0v) is 16.1. The SMILES string of the molecule is O=C1NC(=O)/C(=C\c2cc3cncc(-c4ccc(N5CCOCC5)nc4)c3o2)S1. The van der Waals surface area contributed by atoms with E-state index in [-0.39, 0.29) is 5.24 Å². The molecule has 0 bridgehead atoms. The van der Waals surface area contributed by atoms with Gasteiger partial charge in [-0.05, 0) is 30.0 Å². The Morgan fingerprint density at radius 1 is 1.14 bits per heavy atom. The number of carbonyl (C=O) groups excluding carboxylic acids is 2. The number of hydrogen-bond donors (Lipinski definition) is 1. The second-order valence-corrected chi connectivity index (χ2v) is 7.63. The van der Waals surface area contributed by atoms with Gasteiger partial charge in [0.05, 0.1) is 18.1 Å².